The number of ether oxygens (including phenoxy) is 1. The summed E-state index contributed by atoms with van der Waals surface area (Å²) in [7, 11) is 2.07. The number of aromatic amines is 1. The summed E-state index contributed by atoms with van der Waals surface area (Å²) in [5.74, 6) is 0.798. The van der Waals surface area contributed by atoms with Crippen molar-refractivity contribution >= 4 is 16.8 Å². The van der Waals surface area contributed by atoms with Crippen molar-refractivity contribution in [1.29, 1.82) is 0 Å². The molecule has 1 N–H and O–H groups in total. The number of likely N-dealkylation sites (N-methyl/N-ethyl adjacent to an activating group) is 1. The van der Waals surface area contributed by atoms with Crippen LogP contribution in [0.2, 0.25) is 0 Å². The van der Waals surface area contributed by atoms with Crippen molar-refractivity contribution in [2.75, 3.05) is 39.8 Å². The highest BCUT2D eigenvalue weighted by molar-refractivity contribution is 5.81. The molecule has 5 heteroatoms. The SMILES string of the molecule is CN1CCN(C(=O)COc2ccc3[nH]ccc3c2)CC1. The van der Waals surface area contributed by atoms with Crippen LogP contribution in [0.5, 0.6) is 5.75 Å². The Bertz CT molecular complexity index is 600. The van der Waals surface area contributed by atoms with E-state index in [0.29, 0.717) is 0 Å². The van der Waals surface area contributed by atoms with Gasteiger partial charge in [-0.1, -0.05) is 0 Å². The molecule has 0 saturated carbocycles. The normalized spacial score (nSPS) is 16.6. The number of piperazine rings is 1. The highest BCUT2D eigenvalue weighted by Gasteiger charge is 2.19. The van der Waals surface area contributed by atoms with Crippen LogP contribution in [0.3, 0.4) is 0 Å². The standard InChI is InChI=1S/C15H19N3O2/c1-17-6-8-18(9-7-17)15(19)11-20-13-2-3-14-12(10-13)4-5-16-14/h2-5,10,16H,6-9,11H2,1H3. The fourth-order valence-corrected chi connectivity index (χ4v) is 2.41. The monoisotopic (exact) mass is 273 g/mol. The molecule has 1 saturated heterocycles. The number of H-pyrrole nitrogens is 1. The van der Waals surface area contributed by atoms with Crippen LogP contribution in [0, 0.1) is 0 Å². The lowest BCUT2D eigenvalue weighted by Gasteiger charge is -2.32. The minimum Gasteiger partial charge on any atom is -0.484 e. The molecule has 0 aliphatic carbocycles. The number of fused-ring (bicyclic) bond motifs is 1. The summed E-state index contributed by atoms with van der Waals surface area (Å²) in [6.45, 7) is 3.55. The number of nitrogens with zero attached hydrogens (tertiary/aromatic N) is 2. The van der Waals surface area contributed by atoms with Gasteiger partial charge in [-0.15, -0.1) is 0 Å². The summed E-state index contributed by atoms with van der Waals surface area (Å²) in [4.78, 5) is 19.3. The molecule has 1 aliphatic rings. The number of hydrogen-bond donors (Lipinski definition) is 1. The number of rotatable bonds is 3. The second-order valence-electron chi connectivity index (χ2n) is 5.20. The second kappa shape index (κ2) is 5.54. The van der Waals surface area contributed by atoms with Gasteiger partial charge in [-0.25, -0.2) is 0 Å². The molecule has 5 nitrogen and oxygen atoms in total. The van der Waals surface area contributed by atoms with Crippen LogP contribution in [-0.2, 0) is 4.79 Å². The Morgan fingerprint density at radius 3 is 2.85 bits per heavy atom. The Balaban J connectivity index is 1.57. The third-order valence-corrected chi connectivity index (χ3v) is 3.74. The quantitative estimate of drug-likeness (QED) is 0.917. The van der Waals surface area contributed by atoms with Gasteiger partial charge < -0.3 is 19.5 Å². The van der Waals surface area contributed by atoms with Gasteiger partial charge in [0.2, 0.25) is 0 Å². The van der Waals surface area contributed by atoms with Gasteiger partial charge in [-0.3, -0.25) is 4.79 Å². The smallest absolute Gasteiger partial charge is 0.260 e. The van der Waals surface area contributed by atoms with Gasteiger partial charge in [0.1, 0.15) is 5.75 Å². The molecule has 20 heavy (non-hydrogen) atoms. The van der Waals surface area contributed by atoms with E-state index >= 15 is 0 Å². The summed E-state index contributed by atoms with van der Waals surface area (Å²) in [5.41, 5.74) is 1.07. The minimum absolute atomic E-state index is 0.0623. The lowest BCUT2D eigenvalue weighted by Crippen LogP contribution is -2.48. The Kier molecular flexibility index (Phi) is 3.60. The first kappa shape index (κ1) is 13.0. The number of aromatic nitrogens is 1. The van der Waals surface area contributed by atoms with E-state index in [1.165, 1.54) is 0 Å². The third-order valence-electron chi connectivity index (χ3n) is 3.74. The third kappa shape index (κ3) is 2.77. The topological polar surface area (TPSA) is 48.6 Å². The predicted molar refractivity (Wildman–Crippen MR) is 77.9 cm³/mol. The molecule has 0 unspecified atom stereocenters. The molecule has 2 aromatic rings. The fourth-order valence-electron chi connectivity index (χ4n) is 2.41. The highest BCUT2D eigenvalue weighted by atomic mass is 16.5. The van der Waals surface area contributed by atoms with Crippen LogP contribution in [-0.4, -0.2) is 60.5 Å². The average molecular weight is 273 g/mol. The Morgan fingerprint density at radius 2 is 2.05 bits per heavy atom. The zero-order valence-corrected chi connectivity index (χ0v) is 11.6. The molecule has 1 aromatic heterocycles. The molecule has 1 aliphatic heterocycles. The van der Waals surface area contributed by atoms with E-state index in [1.807, 2.05) is 35.4 Å². The van der Waals surface area contributed by atoms with E-state index in [0.717, 1.165) is 42.8 Å². The van der Waals surface area contributed by atoms with Crippen molar-refractivity contribution in [3.8, 4) is 5.75 Å². The van der Waals surface area contributed by atoms with Crippen molar-refractivity contribution in [2.45, 2.75) is 0 Å². The van der Waals surface area contributed by atoms with Gasteiger partial charge in [0.05, 0.1) is 0 Å². The number of benzene rings is 1. The maximum absolute atomic E-state index is 12.1. The molecular formula is C15H19N3O2. The van der Waals surface area contributed by atoms with Gasteiger partial charge in [-0.2, -0.15) is 0 Å². The van der Waals surface area contributed by atoms with Crippen LogP contribution in [0.25, 0.3) is 10.9 Å². The van der Waals surface area contributed by atoms with Crippen molar-refractivity contribution in [1.82, 2.24) is 14.8 Å². The lowest BCUT2D eigenvalue weighted by molar-refractivity contribution is -0.134. The summed E-state index contributed by atoms with van der Waals surface area (Å²) in [6, 6.07) is 7.79. The molecule has 1 fully saturated rings. The predicted octanol–water partition coefficient (Wildman–Crippen LogP) is 1.32. The number of nitrogens with one attached hydrogen (secondary N) is 1. The van der Waals surface area contributed by atoms with E-state index < -0.39 is 0 Å². The molecule has 0 bridgehead atoms. The van der Waals surface area contributed by atoms with E-state index in [4.69, 9.17) is 4.74 Å². The highest BCUT2D eigenvalue weighted by Crippen LogP contribution is 2.19. The molecule has 106 valence electrons. The minimum atomic E-state index is 0.0623. The Morgan fingerprint density at radius 1 is 1.25 bits per heavy atom. The van der Waals surface area contributed by atoms with Gasteiger partial charge >= 0.3 is 0 Å². The maximum atomic E-state index is 12.1. The van der Waals surface area contributed by atoms with Gasteiger partial charge in [0.25, 0.3) is 5.91 Å². The number of hydrogen-bond acceptors (Lipinski definition) is 3. The largest absolute Gasteiger partial charge is 0.484 e. The van der Waals surface area contributed by atoms with Gasteiger partial charge in [0, 0.05) is 43.3 Å². The molecule has 1 aromatic carbocycles. The van der Waals surface area contributed by atoms with E-state index in [9.17, 15) is 4.79 Å². The Labute approximate surface area is 118 Å². The molecule has 3 rings (SSSR count). The van der Waals surface area contributed by atoms with Crippen molar-refractivity contribution in [2.24, 2.45) is 0 Å². The van der Waals surface area contributed by atoms with Gasteiger partial charge in [-0.05, 0) is 31.3 Å². The number of carbonyl (C=O) groups excluding carboxylic acids is 1. The summed E-state index contributed by atoms with van der Waals surface area (Å²) < 4.78 is 5.61. The molecule has 1 amide bonds. The average Bonchev–Trinajstić information content (AvgIpc) is 2.93. The fraction of sp³-hybridized carbons (Fsp3) is 0.400. The number of amides is 1. The van der Waals surface area contributed by atoms with E-state index in [1.54, 1.807) is 0 Å². The summed E-state index contributed by atoms with van der Waals surface area (Å²) >= 11 is 0. The van der Waals surface area contributed by atoms with Crippen molar-refractivity contribution in [3.05, 3.63) is 30.5 Å². The summed E-state index contributed by atoms with van der Waals surface area (Å²) in [6.07, 6.45) is 1.89. The molecule has 0 radical (unpaired) electrons. The van der Waals surface area contributed by atoms with E-state index in [-0.39, 0.29) is 12.5 Å². The molecular weight excluding hydrogens is 254 g/mol. The first-order chi connectivity index (χ1) is 9.72. The van der Waals surface area contributed by atoms with Crippen LogP contribution in [0.1, 0.15) is 0 Å². The molecule has 0 spiro atoms. The van der Waals surface area contributed by atoms with Crippen molar-refractivity contribution in [3.63, 3.8) is 0 Å². The zero-order valence-electron chi connectivity index (χ0n) is 11.6. The summed E-state index contributed by atoms with van der Waals surface area (Å²) in [5, 5.41) is 1.09. The Hall–Kier alpha value is -2.01. The maximum Gasteiger partial charge on any atom is 0.260 e. The van der Waals surface area contributed by atoms with Gasteiger partial charge in [0.15, 0.2) is 6.61 Å². The van der Waals surface area contributed by atoms with Crippen molar-refractivity contribution < 1.29 is 9.53 Å². The lowest BCUT2D eigenvalue weighted by atomic mass is 10.2. The molecule has 2 heterocycles. The first-order valence-electron chi connectivity index (χ1n) is 6.88. The van der Waals surface area contributed by atoms with Crippen LogP contribution in [0.15, 0.2) is 30.5 Å². The first-order valence-corrected chi connectivity index (χ1v) is 6.88. The van der Waals surface area contributed by atoms with Crippen LogP contribution in [0.4, 0.5) is 0 Å². The molecule has 0 atom stereocenters. The van der Waals surface area contributed by atoms with Crippen LogP contribution < -0.4 is 4.74 Å². The zero-order chi connectivity index (χ0) is 13.9. The van der Waals surface area contributed by atoms with Crippen LogP contribution >= 0.6 is 0 Å². The number of carbonyl (C=O) groups is 1. The second-order valence-corrected chi connectivity index (χ2v) is 5.20. The van der Waals surface area contributed by atoms with E-state index in [2.05, 4.69) is 16.9 Å².